The number of aliphatic hydroxyl groups is 1. The summed E-state index contributed by atoms with van der Waals surface area (Å²) in [5.74, 6) is -0.626. The highest BCUT2D eigenvalue weighted by atomic mass is 79.9. The van der Waals surface area contributed by atoms with Gasteiger partial charge in [0.05, 0.1) is 88.7 Å². The van der Waals surface area contributed by atoms with E-state index >= 15 is 0 Å². The van der Waals surface area contributed by atoms with Crippen LogP contribution in [0, 0.1) is 52.0 Å². The van der Waals surface area contributed by atoms with Gasteiger partial charge in [-0.05, 0) is 355 Å². The summed E-state index contributed by atoms with van der Waals surface area (Å²) in [6.07, 6.45) is 23.8. The van der Waals surface area contributed by atoms with Gasteiger partial charge in [0.1, 0.15) is 0 Å². The molecule has 0 bridgehead atoms. The molecular weight excluding hydrogens is 1630 g/mol. The van der Waals surface area contributed by atoms with Crippen LogP contribution >= 0.6 is 15.9 Å². The average Bonchev–Trinajstić information content (AvgIpc) is 0.749. The van der Waals surface area contributed by atoms with Crippen LogP contribution in [0.3, 0.4) is 0 Å². The van der Waals surface area contributed by atoms with E-state index in [2.05, 4.69) is 71.2 Å². The lowest BCUT2D eigenvalue weighted by Gasteiger charge is -2.30. The molecule has 12 rings (SSSR count). The zero-order valence-corrected chi connectivity index (χ0v) is 79.5. The zero-order chi connectivity index (χ0) is 91.3. The number of nitrogens with zero attached hydrogens (tertiary/aromatic N) is 4. The molecule has 0 saturated carbocycles. The number of fused-ring (bicyclic) bond motifs is 4. The fourth-order valence-corrected chi connectivity index (χ4v) is 17.0. The average molecular weight is 1770 g/mol. The second kappa shape index (κ2) is 45.5. The number of aryl methyl sites for hydroxylation is 7. The lowest BCUT2D eigenvalue weighted by Crippen LogP contribution is -2.32. The second-order valence-electron chi connectivity index (χ2n) is 36.0. The van der Waals surface area contributed by atoms with Crippen molar-refractivity contribution in [3.05, 3.63) is 202 Å². The lowest BCUT2D eigenvalue weighted by atomic mass is 9.84. The zero-order valence-electron chi connectivity index (χ0n) is 77.9. The van der Waals surface area contributed by atoms with Gasteiger partial charge < -0.3 is 63.1 Å². The minimum atomic E-state index is -0.875. The molecule has 4 aromatic heterocycles. The third-order valence-corrected chi connectivity index (χ3v) is 22.4. The van der Waals surface area contributed by atoms with Crippen molar-refractivity contribution in [3.8, 4) is 0 Å². The number of hydrogen-bond acceptors (Lipinski definition) is 19. The Morgan fingerprint density at radius 3 is 1.07 bits per heavy atom. The molecule has 4 aliphatic carbocycles. The van der Waals surface area contributed by atoms with Crippen molar-refractivity contribution in [3.63, 3.8) is 0 Å². The van der Waals surface area contributed by atoms with Gasteiger partial charge in [0.15, 0.2) is 35.8 Å². The summed E-state index contributed by atoms with van der Waals surface area (Å²) in [6, 6.07) is 23.3. The van der Waals surface area contributed by atoms with Crippen molar-refractivity contribution >= 4 is 108 Å². The maximum atomic E-state index is 13.1. The quantitative estimate of drug-likeness (QED) is 0.0198. The normalized spacial score (nSPS) is 15.4. The van der Waals surface area contributed by atoms with Crippen molar-refractivity contribution < 1.29 is 81.3 Å². The Hall–Kier alpha value is -8.94. The van der Waals surface area contributed by atoms with Crippen LogP contribution in [0.25, 0.3) is 60.3 Å². The van der Waals surface area contributed by atoms with Crippen LogP contribution in [-0.2, 0) is 74.8 Å². The molecule has 4 heterocycles. The van der Waals surface area contributed by atoms with Crippen LogP contribution < -0.4 is 9.46 Å². The Labute approximate surface area is 744 Å². The summed E-state index contributed by atoms with van der Waals surface area (Å²) in [5.41, 5.74) is 17.6. The number of ether oxygens (including phenoxy) is 8. The van der Waals surface area contributed by atoms with E-state index in [1.807, 2.05) is 166 Å². The molecule has 4 aromatic carbocycles. The van der Waals surface area contributed by atoms with Gasteiger partial charge in [-0.25, -0.2) is 19.2 Å². The molecular formula is C101H135BBrN4O17. The summed E-state index contributed by atoms with van der Waals surface area (Å²) in [6.45, 7) is 45.1. The monoisotopic (exact) mass is 1770 g/mol. The van der Waals surface area contributed by atoms with E-state index in [1.165, 1.54) is 42.4 Å². The van der Waals surface area contributed by atoms with Crippen molar-refractivity contribution in [1.82, 2.24) is 9.97 Å². The Balaban J connectivity index is 0.000000198. The van der Waals surface area contributed by atoms with Crippen LogP contribution in [0.5, 0.6) is 0 Å². The Morgan fingerprint density at radius 2 is 0.742 bits per heavy atom. The third-order valence-electron chi connectivity index (χ3n) is 21.5. The molecule has 8 aromatic rings. The Kier molecular flexibility index (Phi) is 36.8. The van der Waals surface area contributed by atoms with Crippen molar-refractivity contribution in [2.24, 2.45) is 0 Å². The highest BCUT2D eigenvalue weighted by Gasteiger charge is 2.39. The number of allylic oxidation sites excluding steroid dienone is 8. The van der Waals surface area contributed by atoms with Crippen LogP contribution in [0.15, 0.2) is 107 Å². The first-order valence-corrected chi connectivity index (χ1v) is 45.2. The molecule has 0 unspecified atom stereocenters. The van der Waals surface area contributed by atoms with E-state index in [1.54, 1.807) is 39.8 Å². The van der Waals surface area contributed by atoms with Gasteiger partial charge in [-0.1, -0.05) is 37.3 Å². The van der Waals surface area contributed by atoms with Crippen LogP contribution in [-0.4, -0.2) is 100 Å². The first kappa shape index (κ1) is 100. The molecule has 2 N–H and O–H groups in total. The predicted molar refractivity (Wildman–Crippen MR) is 497 cm³/mol. The smallest absolute Gasteiger partial charge is 0.569 e. The molecule has 124 heavy (non-hydrogen) atoms. The SMILES string of the molecule is CCOC(=O)[C@@H](OC(C)(C)C)c1c(C)cc2c(ccc(C)[n+]2[O-])c1Br.CCOC(=O)[C@@H](OC(C)(C)C)c1c(C)cc2c(ccc(C)[n+]2[O-])c1C1=CCCCC1.CCOC(=O)[C@@H](OC(C)(C)C)c1c(C)cc2nc(CC)ccc2c1C1=CCCCC1.CCOC(=O)[C@@H](OC(C)(C)C)c1c(C)cc2nc(CO)ccc2c1C1=CCCCC1.O[B]OC1=CCCCC1. The van der Waals surface area contributed by atoms with Gasteiger partial charge in [0.25, 0.3) is 0 Å². The van der Waals surface area contributed by atoms with Gasteiger partial charge in [0, 0.05) is 87.7 Å². The molecule has 0 aliphatic heterocycles. The van der Waals surface area contributed by atoms with Gasteiger partial charge in [0.2, 0.25) is 11.0 Å². The van der Waals surface area contributed by atoms with Crippen molar-refractivity contribution in [2.75, 3.05) is 26.4 Å². The van der Waals surface area contributed by atoms with Crippen LogP contribution in [0.1, 0.15) is 329 Å². The third kappa shape index (κ3) is 26.8. The fraction of sp³-hybridized carbons (Fsp3) is 0.525. The highest BCUT2D eigenvalue weighted by Crippen LogP contribution is 2.46. The first-order valence-electron chi connectivity index (χ1n) is 44.4. The molecule has 0 fully saturated rings. The number of rotatable bonds is 23. The number of aromatic nitrogens is 4. The molecule has 0 spiro atoms. The van der Waals surface area contributed by atoms with Gasteiger partial charge in [-0.2, -0.15) is 9.46 Å². The van der Waals surface area contributed by atoms with Gasteiger partial charge in [-0.15, -0.1) is 0 Å². The standard InChI is InChI=1S/C26H35NO3.2C25H33NO4.C19H24BrNO4.C6H10BO2/c1-7-19-14-15-20-21(27-19)16-17(3)22(23(20)18-12-10-9-11-13-18)24(25(28)29-8-2)30-26(4,5)6;1-7-29-24(27)23(30-25(4,5)6)21-16(2)15-20-19(14-13-17(3)26(20)28)22(21)18-11-9-8-10-12-18;1-6-29-24(28)23(30-25(3,4)5)21-16(2)14-20-19(13-12-18(15-27)26-20)22(21)17-10-8-7-9-11-17;1-7-24-18(22)17(25-19(4,5)6)15-11(2)10-14-13(16(15)20)9-8-12(3)21(14)23;8-7-9-6-4-2-1-3-5-6/h12,14-16,24H,7-11,13H2,1-6H3;11,13-15,23H,7-10,12H2,1-6H3;10,12-14,23,27H,6-9,11,15H2,1-5H3;8-10,17H,7H2,1-6H3;4,8H,1-3,5H2/t24-;2*23-;17-;/m0000./s1. The van der Waals surface area contributed by atoms with Crippen molar-refractivity contribution in [2.45, 2.75) is 322 Å². The summed E-state index contributed by atoms with van der Waals surface area (Å²) >= 11 is 3.58. The minimum Gasteiger partial charge on any atom is -0.618 e. The van der Waals surface area contributed by atoms with E-state index in [-0.39, 0.29) is 31.8 Å². The number of carbonyl (C=O) groups excluding carboxylic acids is 4. The molecule has 0 amide bonds. The fourth-order valence-electron chi connectivity index (χ4n) is 16.2. The number of hydrogen-bond donors (Lipinski definition) is 2. The van der Waals surface area contributed by atoms with Crippen LogP contribution in [0.2, 0.25) is 0 Å². The summed E-state index contributed by atoms with van der Waals surface area (Å²) in [7, 11) is 0.747. The van der Waals surface area contributed by atoms with E-state index in [9.17, 15) is 34.7 Å². The number of halogens is 1. The molecule has 21 nitrogen and oxygen atoms in total. The molecule has 0 saturated heterocycles. The minimum absolute atomic E-state index is 0.104. The van der Waals surface area contributed by atoms with Gasteiger partial charge >= 0.3 is 31.6 Å². The number of carbonyl (C=O) groups is 4. The van der Waals surface area contributed by atoms with E-state index in [0.717, 1.165) is 200 Å². The van der Waals surface area contributed by atoms with Crippen LogP contribution in [0.4, 0.5) is 0 Å². The Morgan fingerprint density at radius 1 is 0.427 bits per heavy atom. The predicted octanol–water partition coefficient (Wildman–Crippen LogP) is 22.6. The van der Waals surface area contributed by atoms with E-state index in [0.29, 0.717) is 51.4 Å². The largest absolute Gasteiger partial charge is 0.618 e. The molecule has 4 atom stereocenters. The molecule has 1 radical (unpaired) electrons. The summed E-state index contributed by atoms with van der Waals surface area (Å²) in [4.78, 5) is 61.2. The van der Waals surface area contributed by atoms with Gasteiger partial charge in [-0.3, -0.25) is 9.97 Å². The Bertz CT molecular complexity index is 5060. The second-order valence-corrected chi connectivity index (χ2v) is 36.8. The summed E-state index contributed by atoms with van der Waals surface area (Å²) < 4.78 is 53.7. The highest BCUT2D eigenvalue weighted by molar-refractivity contribution is 9.10. The number of aliphatic hydroxyl groups excluding tert-OH is 1. The number of benzene rings is 4. The maximum absolute atomic E-state index is 13.1. The number of pyridine rings is 4. The topological polar surface area (TPSA) is 271 Å². The molecule has 23 heteroatoms. The molecule has 671 valence electrons. The maximum Gasteiger partial charge on any atom is 0.569 e. The van der Waals surface area contributed by atoms with Crippen molar-refractivity contribution in [1.29, 1.82) is 0 Å². The molecule has 4 aliphatic rings. The van der Waals surface area contributed by atoms with E-state index in [4.69, 9.17) is 52.6 Å². The van der Waals surface area contributed by atoms with E-state index < -0.39 is 58.8 Å². The summed E-state index contributed by atoms with van der Waals surface area (Å²) in [5, 5.41) is 46.6. The first-order chi connectivity index (χ1) is 58.6. The number of esters is 4. The lowest BCUT2D eigenvalue weighted by molar-refractivity contribution is -0.584.